The molecule has 8 nitrogen and oxygen atoms in total. The molecule has 1 aromatic heterocycles. The van der Waals surface area contributed by atoms with Gasteiger partial charge in [0.2, 0.25) is 0 Å². The Kier molecular flexibility index (Phi) is 4.81. The summed E-state index contributed by atoms with van der Waals surface area (Å²) in [6.07, 6.45) is -3.08. The molecule has 24 heavy (non-hydrogen) atoms. The fourth-order valence-corrected chi connectivity index (χ4v) is 2.12. The van der Waals surface area contributed by atoms with Crippen LogP contribution in [0.25, 0.3) is 0 Å². The fourth-order valence-electron chi connectivity index (χ4n) is 2.12. The summed E-state index contributed by atoms with van der Waals surface area (Å²) in [5.41, 5.74) is -1.02. The van der Waals surface area contributed by atoms with Gasteiger partial charge in [0.1, 0.15) is 5.82 Å². The van der Waals surface area contributed by atoms with Gasteiger partial charge in [0.05, 0.1) is 5.41 Å². The first kappa shape index (κ1) is 17.8. The number of nitrogens with one attached hydrogen (secondary N) is 1. The zero-order valence-electron chi connectivity index (χ0n) is 12.6. The Bertz CT molecular complexity index is 640. The molecule has 1 aromatic rings. The number of anilines is 1. The minimum Gasteiger partial charge on any atom is -0.481 e. The first-order chi connectivity index (χ1) is 11.1. The number of ether oxygens (including phenoxy) is 1. The number of hydrogen-bond acceptors (Lipinski definition) is 5. The number of amides is 2. The van der Waals surface area contributed by atoms with E-state index in [0.29, 0.717) is 6.42 Å². The Balaban J connectivity index is 1.96. The van der Waals surface area contributed by atoms with E-state index in [4.69, 9.17) is 5.11 Å². The van der Waals surface area contributed by atoms with Gasteiger partial charge in [-0.2, -0.15) is 18.2 Å². The third-order valence-corrected chi connectivity index (χ3v) is 3.51. The summed E-state index contributed by atoms with van der Waals surface area (Å²) in [4.78, 5) is 31.7. The maximum Gasteiger partial charge on any atom is 0.422 e. The number of urea groups is 1. The van der Waals surface area contributed by atoms with Gasteiger partial charge in [-0.1, -0.05) is 0 Å². The normalized spacial score (nSPS) is 20.8. The fraction of sp³-hybridized carbons (Fsp3) is 0.538. The number of hydrogen-bond donors (Lipinski definition) is 2. The molecule has 1 atom stereocenters. The third-order valence-electron chi connectivity index (χ3n) is 3.51. The Morgan fingerprint density at radius 2 is 2.21 bits per heavy atom. The maximum atomic E-state index is 12.1. The summed E-state index contributed by atoms with van der Waals surface area (Å²) < 4.78 is 40.7. The van der Waals surface area contributed by atoms with Crippen molar-refractivity contribution in [2.75, 3.05) is 25.0 Å². The molecule has 1 unspecified atom stereocenters. The lowest BCUT2D eigenvalue weighted by atomic mass is 9.90. The van der Waals surface area contributed by atoms with Crippen LogP contribution in [0.5, 0.6) is 6.01 Å². The molecule has 132 valence electrons. The van der Waals surface area contributed by atoms with Crippen molar-refractivity contribution in [3.05, 3.63) is 12.3 Å². The second-order valence-corrected chi connectivity index (χ2v) is 5.60. The second-order valence-electron chi connectivity index (χ2n) is 5.60. The molecule has 2 N–H and O–H groups in total. The van der Waals surface area contributed by atoms with Gasteiger partial charge in [-0.25, -0.2) is 9.78 Å². The van der Waals surface area contributed by atoms with Gasteiger partial charge in [0.15, 0.2) is 6.61 Å². The molecule has 2 heterocycles. The molecular formula is C13H15F3N4O4. The lowest BCUT2D eigenvalue weighted by Gasteiger charge is -2.20. The van der Waals surface area contributed by atoms with E-state index in [1.54, 1.807) is 0 Å². The minimum atomic E-state index is -4.53. The highest BCUT2D eigenvalue weighted by Gasteiger charge is 2.42. The number of carboxylic acids is 1. The number of carboxylic acid groups (broad SMARTS) is 1. The van der Waals surface area contributed by atoms with Crippen LogP contribution in [-0.2, 0) is 4.79 Å². The van der Waals surface area contributed by atoms with E-state index in [2.05, 4.69) is 20.0 Å². The lowest BCUT2D eigenvalue weighted by molar-refractivity contribution is -0.154. The molecule has 0 aliphatic carbocycles. The zero-order valence-corrected chi connectivity index (χ0v) is 12.6. The Morgan fingerprint density at radius 1 is 1.50 bits per heavy atom. The first-order valence-corrected chi connectivity index (χ1v) is 6.91. The molecule has 0 bridgehead atoms. The minimum absolute atomic E-state index is 0.0245. The summed E-state index contributed by atoms with van der Waals surface area (Å²) in [6.45, 7) is 0.262. The van der Waals surface area contributed by atoms with Crippen LogP contribution in [0, 0.1) is 5.41 Å². The van der Waals surface area contributed by atoms with Crippen LogP contribution < -0.4 is 10.1 Å². The molecule has 1 saturated heterocycles. The number of halogens is 3. The van der Waals surface area contributed by atoms with Gasteiger partial charge in [-0.3, -0.25) is 10.1 Å². The van der Waals surface area contributed by atoms with Crippen molar-refractivity contribution in [1.29, 1.82) is 0 Å². The summed E-state index contributed by atoms with van der Waals surface area (Å²) in [5, 5.41) is 11.5. The van der Waals surface area contributed by atoms with E-state index < -0.39 is 36.2 Å². The van der Waals surface area contributed by atoms with E-state index >= 15 is 0 Å². The summed E-state index contributed by atoms with van der Waals surface area (Å²) >= 11 is 0. The van der Waals surface area contributed by atoms with Crippen molar-refractivity contribution in [1.82, 2.24) is 14.9 Å². The van der Waals surface area contributed by atoms with E-state index in [0.717, 1.165) is 6.20 Å². The largest absolute Gasteiger partial charge is 0.481 e. The number of aromatic nitrogens is 2. The van der Waals surface area contributed by atoms with Crippen molar-refractivity contribution in [3.63, 3.8) is 0 Å². The molecule has 1 aliphatic heterocycles. The molecule has 11 heteroatoms. The van der Waals surface area contributed by atoms with Crippen LogP contribution in [0.4, 0.5) is 23.8 Å². The molecule has 0 aromatic carbocycles. The molecule has 1 aliphatic rings. The topological polar surface area (TPSA) is 105 Å². The molecular weight excluding hydrogens is 333 g/mol. The lowest BCUT2D eigenvalue weighted by Crippen LogP contribution is -2.37. The quantitative estimate of drug-likeness (QED) is 0.859. The predicted octanol–water partition coefficient (Wildman–Crippen LogP) is 1.75. The highest BCUT2D eigenvalue weighted by Crippen LogP contribution is 2.30. The zero-order chi connectivity index (χ0) is 18.0. The van der Waals surface area contributed by atoms with Crippen LogP contribution in [-0.4, -0.2) is 57.8 Å². The number of carbonyl (C=O) groups excluding carboxylic acids is 1. The molecule has 0 radical (unpaired) electrons. The van der Waals surface area contributed by atoms with E-state index in [9.17, 15) is 22.8 Å². The van der Waals surface area contributed by atoms with Crippen molar-refractivity contribution < 1.29 is 32.6 Å². The highest BCUT2D eigenvalue weighted by molar-refractivity contribution is 5.89. The summed E-state index contributed by atoms with van der Waals surface area (Å²) in [7, 11) is 0. The van der Waals surface area contributed by atoms with Gasteiger partial charge in [0, 0.05) is 19.3 Å². The SMILES string of the molecule is CC1(C(=O)O)CCN(C(=O)Nc2ccnc(OCC(F)(F)F)n2)C1. The smallest absolute Gasteiger partial charge is 0.422 e. The van der Waals surface area contributed by atoms with E-state index in [1.807, 2.05) is 0 Å². The summed E-state index contributed by atoms with van der Waals surface area (Å²) in [6, 6.07) is 0.160. The third kappa shape index (κ3) is 4.46. The summed E-state index contributed by atoms with van der Waals surface area (Å²) in [5.74, 6) is -1.04. The van der Waals surface area contributed by atoms with Crippen molar-refractivity contribution in [3.8, 4) is 6.01 Å². The van der Waals surface area contributed by atoms with Gasteiger partial charge in [-0.15, -0.1) is 0 Å². The van der Waals surface area contributed by atoms with Crippen molar-refractivity contribution in [2.45, 2.75) is 19.5 Å². The van der Waals surface area contributed by atoms with Crippen LogP contribution >= 0.6 is 0 Å². The monoisotopic (exact) mass is 348 g/mol. The van der Waals surface area contributed by atoms with Crippen LogP contribution in [0.3, 0.4) is 0 Å². The van der Waals surface area contributed by atoms with Gasteiger partial charge in [-0.05, 0) is 19.4 Å². The van der Waals surface area contributed by atoms with Crippen LogP contribution in [0.15, 0.2) is 12.3 Å². The standard InChI is InChI=1S/C13H15F3N4O4/c1-12(9(21)22)3-5-20(6-12)11(23)19-8-2-4-17-10(18-8)24-7-13(14,15)16/h2,4H,3,5-7H2,1H3,(H,21,22)(H,17,18,19,23). The van der Waals surface area contributed by atoms with E-state index in [1.165, 1.54) is 17.9 Å². The predicted molar refractivity (Wildman–Crippen MR) is 74.5 cm³/mol. The van der Waals surface area contributed by atoms with E-state index in [-0.39, 0.29) is 18.9 Å². The molecule has 0 saturated carbocycles. The molecule has 2 amide bonds. The number of nitrogens with zero attached hydrogens (tertiary/aromatic N) is 3. The van der Waals surface area contributed by atoms with Gasteiger partial charge in [0.25, 0.3) is 0 Å². The Hall–Kier alpha value is -2.59. The Labute approximate surface area is 134 Å². The first-order valence-electron chi connectivity index (χ1n) is 6.91. The number of alkyl halides is 3. The molecule has 1 fully saturated rings. The highest BCUT2D eigenvalue weighted by atomic mass is 19.4. The van der Waals surface area contributed by atoms with Gasteiger partial charge < -0.3 is 14.7 Å². The number of aliphatic carboxylic acids is 1. The molecule has 2 rings (SSSR count). The van der Waals surface area contributed by atoms with Crippen molar-refractivity contribution in [2.24, 2.45) is 5.41 Å². The molecule has 0 spiro atoms. The van der Waals surface area contributed by atoms with Crippen LogP contribution in [0.1, 0.15) is 13.3 Å². The number of likely N-dealkylation sites (tertiary alicyclic amines) is 1. The average Bonchev–Trinajstić information content (AvgIpc) is 2.89. The van der Waals surface area contributed by atoms with Crippen LogP contribution in [0.2, 0.25) is 0 Å². The van der Waals surface area contributed by atoms with Gasteiger partial charge >= 0.3 is 24.2 Å². The van der Waals surface area contributed by atoms with Crippen molar-refractivity contribution >= 4 is 17.8 Å². The number of carbonyl (C=O) groups is 2. The maximum absolute atomic E-state index is 12.1. The average molecular weight is 348 g/mol. The number of rotatable bonds is 4. The Morgan fingerprint density at radius 3 is 2.79 bits per heavy atom. The second kappa shape index (κ2) is 6.49.